The van der Waals surface area contributed by atoms with Crippen molar-refractivity contribution >= 4 is 16.0 Å². The fourth-order valence-corrected chi connectivity index (χ4v) is 6.41. The lowest BCUT2D eigenvalue weighted by Gasteiger charge is -2.37. The van der Waals surface area contributed by atoms with Crippen molar-refractivity contribution in [2.75, 3.05) is 12.4 Å². The molecular weight excluding hydrogens is 294 g/mol. The Kier molecular flexibility index (Phi) is 4.25. The number of ether oxygens (including phenoxy) is 1. The molecule has 0 amide bonds. The van der Waals surface area contributed by atoms with Gasteiger partial charge in [0.05, 0.1) is 11.9 Å². The minimum Gasteiger partial charge on any atom is -0.481 e. The van der Waals surface area contributed by atoms with Crippen LogP contribution in [-0.4, -0.2) is 54.3 Å². The quantitative estimate of drug-likeness (QED) is 0.824. The molecule has 21 heavy (non-hydrogen) atoms. The summed E-state index contributed by atoms with van der Waals surface area (Å²) in [5.41, 5.74) is 0. The van der Waals surface area contributed by atoms with Gasteiger partial charge in [0.15, 0.2) is 0 Å². The van der Waals surface area contributed by atoms with E-state index in [1.807, 2.05) is 0 Å². The summed E-state index contributed by atoms with van der Waals surface area (Å²) in [4.78, 5) is 10.9. The minimum atomic E-state index is -3.29. The van der Waals surface area contributed by atoms with Crippen LogP contribution in [0.25, 0.3) is 0 Å². The molecule has 3 unspecified atom stereocenters. The molecule has 0 saturated carbocycles. The second-order valence-electron chi connectivity index (χ2n) is 6.56. The van der Waals surface area contributed by atoms with E-state index in [1.54, 1.807) is 4.31 Å². The molecule has 7 heteroatoms. The van der Waals surface area contributed by atoms with Gasteiger partial charge >= 0.3 is 5.97 Å². The highest BCUT2D eigenvalue weighted by molar-refractivity contribution is 7.89. The van der Waals surface area contributed by atoms with Gasteiger partial charge < -0.3 is 9.84 Å². The molecule has 3 aliphatic heterocycles. The molecule has 0 aliphatic carbocycles. The Morgan fingerprint density at radius 1 is 1.19 bits per heavy atom. The molecule has 3 atom stereocenters. The number of piperidine rings is 1. The zero-order chi connectivity index (χ0) is 15.0. The molecule has 120 valence electrons. The van der Waals surface area contributed by atoms with Crippen LogP contribution in [0.1, 0.15) is 44.9 Å². The first-order valence-corrected chi connectivity index (χ1v) is 9.41. The molecule has 2 bridgehead atoms. The summed E-state index contributed by atoms with van der Waals surface area (Å²) in [5, 5.41) is 8.93. The molecular formula is C14H23NO5S. The predicted octanol–water partition coefficient (Wildman–Crippen LogP) is 1.21. The number of sulfonamides is 1. The number of fused-ring (bicyclic) bond motifs is 2. The molecule has 1 N–H and O–H groups in total. The third-order valence-corrected chi connectivity index (χ3v) is 7.00. The number of carboxylic acid groups (broad SMARTS) is 1. The van der Waals surface area contributed by atoms with Crippen LogP contribution in [0.4, 0.5) is 0 Å². The first-order valence-electron chi connectivity index (χ1n) is 7.80. The maximum atomic E-state index is 12.7. The van der Waals surface area contributed by atoms with Gasteiger partial charge in [-0.1, -0.05) is 0 Å². The van der Waals surface area contributed by atoms with Gasteiger partial charge in [-0.25, -0.2) is 8.42 Å². The summed E-state index contributed by atoms with van der Waals surface area (Å²) in [5.74, 6) is -0.576. The zero-order valence-corrected chi connectivity index (χ0v) is 12.9. The lowest BCUT2D eigenvalue weighted by atomic mass is 9.90. The van der Waals surface area contributed by atoms with Crippen LogP contribution in [-0.2, 0) is 19.6 Å². The van der Waals surface area contributed by atoms with E-state index in [1.165, 1.54) is 0 Å². The SMILES string of the molecule is O=C(O)CC1CC2CCC(C1)N2S(=O)(=O)CC1CCCO1. The van der Waals surface area contributed by atoms with Crippen LogP contribution >= 0.6 is 0 Å². The van der Waals surface area contributed by atoms with Gasteiger partial charge in [0.25, 0.3) is 0 Å². The van der Waals surface area contributed by atoms with Crippen LogP contribution in [0.2, 0.25) is 0 Å². The van der Waals surface area contributed by atoms with E-state index in [-0.39, 0.29) is 36.3 Å². The van der Waals surface area contributed by atoms with E-state index < -0.39 is 16.0 Å². The minimum absolute atomic E-state index is 0.000460. The molecule has 3 fully saturated rings. The van der Waals surface area contributed by atoms with E-state index in [0.29, 0.717) is 19.4 Å². The molecule has 0 aromatic rings. The van der Waals surface area contributed by atoms with Gasteiger partial charge in [-0.2, -0.15) is 4.31 Å². The standard InChI is InChI=1S/C14H23NO5S/c16-14(17)8-10-6-11-3-4-12(7-10)15(11)21(18,19)9-13-2-1-5-20-13/h10-13H,1-9H2,(H,16,17). The summed E-state index contributed by atoms with van der Waals surface area (Å²) < 4.78 is 32.5. The van der Waals surface area contributed by atoms with Crippen molar-refractivity contribution in [2.24, 2.45) is 5.92 Å². The van der Waals surface area contributed by atoms with E-state index in [4.69, 9.17) is 9.84 Å². The van der Waals surface area contributed by atoms with Crippen LogP contribution < -0.4 is 0 Å². The number of carboxylic acids is 1. The third-order valence-electron chi connectivity index (χ3n) is 4.97. The van der Waals surface area contributed by atoms with Crippen molar-refractivity contribution in [2.45, 2.75) is 63.1 Å². The fourth-order valence-electron chi connectivity index (χ4n) is 4.21. The van der Waals surface area contributed by atoms with Crippen molar-refractivity contribution in [3.63, 3.8) is 0 Å². The molecule has 0 spiro atoms. The van der Waals surface area contributed by atoms with Gasteiger partial charge in [-0.3, -0.25) is 4.79 Å². The van der Waals surface area contributed by atoms with Crippen LogP contribution in [0.5, 0.6) is 0 Å². The topological polar surface area (TPSA) is 83.9 Å². The molecule has 0 aromatic heterocycles. The zero-order valence-electron chi connectivity index (χ0n) is 12.1. The van der Waals surface area contributed by atoms with Gasteiger partial charge in [-0.05, 0) is 44.4 Å². The molecule has 3 saturated heterocycles. The number of rotatable bonds is 5. The molecule has 3 rings (SSSR count). The van der Waals surface area contributed by atoms with Crippen molar-refractivity contribution in [1.29, 1.82) is 0 Å². The first-order chi connectivity index (χ1) is 9.95. The monoisotopic (exact) mass is 317 g/mol. The normalized spacial score (nSPS) is 37.0. The summed E-state index contributed by atoms with van der Waals surface area (Å²) in [6, 6.07) is -0.000920. The largest absolute Gasteiger partial charge is 0.481 e. The highest BCUT2D eigenvalue weighted by atomic mass is 32.2. The average molecular weight is 317 g/mol. The third kappa shape index (κ3) is 3.24. The maximum Gasteiger partial charge on any atom is 0.303 e. The lowest BCUT2D eigenvalue weighted by Crippen LogP contribution is -2.48. The van der Waals surface area contributed by atoms with Gasteiger partial charge in [0, 0.05) is 25.1 Å². The van der Waals surface area contributed by atoms with Crippen LogP contribution in [0, 0.1) is 5.92 Å². The van der Waals surface area contributed by atoms with Crippen LogP contribution in [0.15, 0.2) is 0 Å². The number of carbonyl (C=O) groups is 1. The Hall–Kier alpha value is -0.660. The highest BCUT2D eigenvalue weighted by Gasteiger charge is 2.47. The molecule has 0 aromatic carbocycles. The number of nitrogens with zero attached hydrogens (tertiary/aromatic N) is 1. The molecule has 0 radical (unpaired) electrons. The predicted molar refractivity (Wildman–Crippen MR) is 76.4 cm³/mol. The Morgan fingerprint density at radius 3 is 2.38 bits per heavy atom. The van der Waals surface area contributed by atoms with Gasteiger partial charge in [0.2, 0.25) is 10.0 Å². The summed E-state index contributed by atoms with van der Waals surface area (Å²) in [6.07, 6.45) is 4.87. The summed E-state index contributed by atoms with van der Waals surface area (Å²) in [6.45, 7) is 0.660. The second kappa shape index (κ2) is 5.85. The Labute approximate surface area is 125 Å². The maximum absolute atomic E-state index is 12.7. The number of aliphatic carboxylic acids is 1. The average Bonchev–Trinajstić information content (AvgIpc) is 2.95. The fraction of sp³-hybridized carbons (Fsp3) is 0.929. The van der Waals surface area contributed by atoms with E-state index in [2.05, 4.69) is 0 Å². The Balaban J connectivity index is 1.67. The summed E-state index contributed by atoms with van der Waals surface area (Å²) >= 11 is 0. The first kappa shape index (κ1) is 15.2. The van der Waals surface area contributed by atoms with Gasteiger partial charge in [0.1, 0.15) is 0 Å². The lowest BCUT2D eigenvalue weighted by molar-refractivity contribution is -0.138. The van der Waals surface area contributed by atoms with E-state index in [9.17, 15) is 13.2 Å². The van der Waals surface area contributed by atoms with Gasteiger partial charge in [-0.15, -0.1) is 0 Å². The number of hydrogen-bond donors (Lipinski definition) is 1. The summed E-state index contributed by atoms with van der Waals surface area (Å²) in [7, 11) is -3.29. The molecule has 3 heterocycles. The molecule has 3 aliphatic rings. The van der Waals surface area contributed by atoms with Crippen molar-refractivity contribution < 1.29 is 23.1 Å². The smallest absolute Gasteiger partial charge is 0.303 e. The van der Waals surface area contributed by atoms with E-state index in [0.717, 1.165) is 25.7 Å². The van der Waals surface area contributed by atoms with Crippen molar-refractivity contribution in [1.82, 2.24) is 4.31 Å². The Bertz CT molecular complexity index is 485. The number of hydrogen-bond acceptors (Lipinski definition) is 4. The highest BCUT2D eigenvalue weighted by Crippen LogP contribution is 2.42. The second-order valence-corrected chi connectivity index (χ2v) is 8.48. The Morgan fingerprint density at radius 2 is 1.86 bits per heavy atom. The van der Waals surface area contributed by atoms with E-state index >= 15 is 0 Å². The van der Waals surface area contributed by atoms with Crippen LogP contribution in [0.3, 0.4) is 0 Å². The molecule has 6 nitrogen and oxygen atoms in total. The van der Waals surface area contributed by atoms with Crippen molar-refractivity contribution in [3.05, 3.63) is 0 Å². The van der Waals surface area contributed by atoms with Crippen molar-refractivity contribution in [3.8, 4) is 0 Å².